The third-order valence-corrected chi connectivity index (χ3v) is 4.36. The molecular weight excluding hydrogens is 224 g/mol. The van der Waals surface area contributed by atoms with Gasteiger partial charge in [-0.25, -0.2) is 0 Å². The van der Waals surface area contributed by atoms with Crippen LogP contribution in [0.15, 0.2) is 24.3 Å². The molecule has 2 heterocycles. The van der Waals surface area contributed by atoms with Gasteiger partial charge in [0.1, 0.15) is 0 Å². The average molecular weight is 246 g/mol. The summed E-state index contributed by atoms with van der Waals surface area (Å²) in [7, 11) is 0. The van der Waals surface area contributed by atoms with Gasteiger partial charge in [0.05, 0.1) is 6.61 Å². The third-order valence-electron chi connectivity index (χ3n) is 4.36. The highest BCUT2D eigenvalue weighted by Gasteiger charge is 2.32. The van der Waals surface area contributed by atoms with Crippen molar-refractivity contribution in [3.05, 3.63) is 35.4 Å². The van der Waals surface area contributed by atoms with Crippen molar-refractivity contribution in [3.8, 4) is 0 Å². The molecule has 2 N–H and O–H groups in total. The number of hydrogen-bond donors (Lipinski definition) is 2. The maximum atomic E-state index is 9.53. The lowest BCUT2D eigenvalue weighted by atomic mass is 9.97. The van der Waals surface area contributed by atoms with Crippen LogP contribution in [0.3, 0.4) is 0 Å². The van der Waals surface area contributed by atoms with Gasteiger partial charge in [0.2, 0.25) is 0 Å². The van der Waals surface area contributed by atoms with Crippen LogP contribution in [-0.4, -0.2) is 35.7 Å². The summed E-state index contributed by atoms with van der Waals surface area (Å²) < 4.78 is 0. The standard InChI is InChI=1S/C15H22N2O/c18-11-13-5-3-9-17(13)15-7-8-16-10-12-4-1-2-6-14(12)15/h1-2,4,6,13,15-16,18H,3,5,7-11H2. The first-order chi connectivity index (χ1) is 8.90. The van der Waals surface area contributed by atoms with Gasteiger partial charge in [-0.05, 0) is 43.5 Å². The third kappa shape index (κ3) is 2.18. The molecule has 98 valence electrons. The summed E-state index contributed by atoms with van der Waals surface area (Å²) in [6.45, 7) is 3.47. The smallest absolute Gasteiger partial charge is 0.0587 e. The van der Waals surface area contributed by atoms with Crippen LogP contribution in [0.5, 0.6) is 0 Å². The lowest BCUT2D eigenvalue weighted by Gasteiger charge is -2.32. The molecule has 2 atom stereocenters. The molecule has 0 amide bonds. The molecule has 2 aliphatic rings. The zero-order chi connectivity index (χ0) is 12.4. The monoisotopic (exact) mass is 246 g/mol. The van der Waals surface area contributed by atoms with E-state index in [-0.39, 0.29) is 0 Å². The summed E-state index contributed by atoms with van der Waals surface area (Å²) in [5.74, 6) is 0. The molecule has 3 rings (SSSR count). The zero-order valence-corrected chi connectivity index (χ0v) is 10.8. The Morgan fingerprint density at radius 2 is 2.17 bits per heavy atom. The predicted octanol–water partition coefficient (Wildman–Crippen LogP) is 1.68. The van der Waals surface area contributed by atoms with Crippen LogP contribution in [0, 0.1) is 0 Å². The van der Waals surface area contributed by atoms with E-state index in [1.807, 2.05) is 0 Å². The number of hydrogen-bond acceptors (Lipinski definition) is 3. The van der Waals surface area contributed by atoms with Crippen LogP contribution >= 0.6 is 0 Å². The lowest BCUT2D eigenvalue weighted by Crippen LogP contribution is -2.36. The van der Waals surface area contributed by atoms with Crippen molar-refractivity contribution in [3.63, 3.8) is 0 Å². The molecule has 3 heteroatoms. The molecule has 0 saturated carbocycles. The van der Waals surface area contributed by atoms with Crippen molar-refractivity contribution < 1.29 is 5.11 Å². The zero-order valence-electron chi connectivity index (χ0n) is 10.8. The highest BCUT2D eigenvalue weighted by atomic mass is 16.3. The van der Waals surface area contributed by atoms with Gasteiger partial charge in [-0.2, -0.15) is 0 Å². The van der Waals surface area contributed by atoms with E-state index >= 15 is 0 Å². The van der Waals surface area contributed by atoms with E-state index < -0.39 is 0 Å². The second-order valence-corrected chi connectivity index (χ2v) is 5.40. The number of nitrogens with one attached hydrogen (secondary N) is 1. The van der Waals surface area contributed by atoms with Crippen LogP contribution < -0.4 is 5.32 Å². The first kappa shape index (κ1) is 12.2. The molecule has 18 heavy (non-hydrogen) atoms. The molecule has 0 aromatic heterocycles. The minimum Gasteiger partial charge on any atom is -0.395 e. The Hall–Kier alpha value is -0.900. The van der Waals surface area contributed by atoms with Crippen molar-refractivity contribution in [2.24, 2.45) is 0 Å². The first-order valence-corrected chi connectivity index (χ1v) is 7.05. The molecule has 2 unspecified atom stereocenters. The van der Waals surface area contributed by atoms with Crippen LogP contribution in [0.25, 0.3) is 0 Å². The Morgan fingerprint density at radius 3 is 3.06 bits per heavy atom. The van der Waals surface area contributed by atoms with Crippen molar-refractivity contribution in [1.82, 2.24) is 10.2 Å². The van der Waals surface area contributed by atoms with E-state index in [1.54, 1.807) is 0 Å². The Morgan fingerprint density at radius 1 is 1.28 bits per heavy atom. The number of likely N-dealkylation sites (tertiary alicyclic amines) is 1. The summed E-state index contributed by atoms with van der Waals surface area (Å²) in [4.78, 5) is 2.52. The van der Waals surface area contributed by atoms with Gasteiger partial charge in [0, 0.05) is 18.6 Å². The summed E-state index contributed by atoms with van der Waals surface area (Å²) in [6.07, 6.45) is 3.51. The number of rotatable bonds is 2. The summed E-state index contributed by atoms with van der Waals surface area (Å²) in [5, 5.41) is 13.0. The van der Waals surface area contributed by atoms with Crippen molar-refractivity contribution in [2.45, 2.75) is 37.9 Å². The van der Waals surface area contributed by atoms with Gasteiger partial charge >= 0.3 is 0 Å². The summed E-state index contributed by atoms with van der Waals surface area (Å²) >= 11 is 0. The van der Waals surface area contributed by atoms with Crippen molar-refractivity contribution in [1.29, 1.82) is 0 Å². The van der Waals surface area contributed by atoms with E-state index in [9.17, 15) is 5.11 Å². The molecule has 0 spiro atoms. The Bertz CT molecular complexity index is 407. The van der Waals surface area contributed by atoms with E-state index in [0.29, 0.717) is 18.7 Å². The average Bonchev–Trinajstić information content (AvgIpc) is 2.78. The molecule has 1 fully saturated rings. The quantitative estimate of drug-likeness (QED) is 0.833. The van der Waals surface area contributed by atoms with E-state index in [4.69, 9.17) is 0 Å². The minimum atomic E-state index is 0.298. The molecule has 3 nitrogen and oxygen atoms in total. The van der Waals surface area contributed by atoms with Crippen LogP contribution in [0.4, 0.5) is 0 Å². The predicted molar refractivity (Wildman–Crippen MR) is 72.3 cm³/mol. The van der Waals surface area contributed by atoms with Crippen LogP contribution in [0.1, 0.15) is 36.4 Å². The van der Waals surface area contributed by atoms with Crippen molar-refractivity contribution >= 4 is 0 Å². The minimum absolute atomic E-state index is 0.298. The van der Waals surface area contributed by atoms with Gasteiger partial charge in [0.25, 0.3) is 0 Å². The van der Waals surface area contributed by atoms with Crippen LogP contribution in [-0.2, 0) is 6.54 Å². The summed E-state index contributed by atoms with van der Waals surface area (Å²) in [5.41, 5.74) is 2.88. The molecule has 0 radical (unpaired) electrons. The molecular formula is C15H22N2O. The first-order valence-electron chi connectivity index (χ1n) is 7.05. The Kier molecular flexibility index (Phi) is 3.64. The van der Waals surface area contributed by atoms with Gasteiger partial charge in [-0.15, -0.1) is 0 Å². The number of fused-ring (bicyclic) bond motifs is 1. The number of aliphatic hydroxyl groups is 1. The number of aliphatic hydroxyl groups excluding tert-OH is 1. The SMILES string of the molecule is OCC1CCCN1C1CCNCc2ccccc21. The van der Waals surface area contributed by atoms with E-state index in [2.05, 4.69) is 34.5 Å². The van der Waals surface area contributed by atoms with Crippen molar-refractivity contribution in [2.75, 3.05) is 19.7 Å². The van der Waals surface area contributed by atoms with Gasteiger partial charge in [0.15, 0.2) is 0 Å². The Labute approximate surface area is 109 Å². The second kappa shape index (κ2) is 5.39. The topological polar surface area (TPSA) is 35.5 Å². The molecule has 1 saturated heterocycles. The van der Waals surface area contributed by atoms with E-state index in [0.717, 1.165) is 32.5 Å². The van der Waals surface area contributed by atoms with E-state index in [1.165, 1.54) is 17.5 Å². The highest BCUT2D eigenvalue weighted by Crippen LogP contribution is 2.34. The molecule has 0 aliphatic carbocycles. The fourth-order valence-corrected chi connectivity index (χ4v) is 3.45. The molecule has 2 aliphatic heterocycles. The largest absolute Gasteiger partial charge is 0.395 e. The fourth-order valence-electron chi connectivity index (χ4n) is 3.45. The summed E-state index contributed by atoms with van der Waals surface area (Å²) in [6, 6.07) is 9.60. The van der Waals surface area contributed by atoms with Gasteiger partial charge < -0.3 is 10.4 Å². The maximum absolute atomic E-state index is 9.53. The normalized spacial score (nSPS) is 28.9. The lowest BCUT2D eigenvalue weighted by molar-refractivity contribution is 0.115. The van der Waals surface area contributed by atoms with Gasteiger partial charge in [-0.3, -0.25) is 4.90 Å². The molecule has 1 aromatic rings. The van der Waals surface area contributed by atoms with Crippen LogP contribution in [0.2, 0.25) is 0 Å². The highest BCUT2D eigenvalue weighted by molar-refractivity contribution is 5.31. The molecule has 0 bridgehead atoms. The Balaban J connectivity index is 1.91. The number of nitrogens with zero attached hydrogens (tertiary/aromatic N) is 1. The molecule has 1 aromatic carbocycles. The maximum Gasteiger partial charge on any atom is 0.0587 e. The number of benzene rings is 1. The van der Waals surface area contributed by atoms with Gasteiger partial charge in [-0.1, -0.05) is 24.3 Å². The second-order valence-electron chi connectivity index (χ2n) is 5.40. The fraction of sp³-hybridized carbons (Fsp3) is 0.600.